The number of anilines is 1. The van der Waals surface area contributed by atoms with E-state index in [-0.39, 0.29) is 24.2 Å². The van der Waals surface area contributed by atoms with Crippen LogP contribution in [-0.4, -0.2) is 33.0 Å². The number of nitrogens with zero attached hydrogens (tertiary/aromatic N) is 2. The molecule has 1 aromatic rings. The maximum atomic E-state index is 11.4. The van der Waals surface area contributed by atoms with Crippen LogP contribution in [0.4, 0.5) is 5.95 Å². The molecule has 1 aliphatic heterocycles. The summed E-state index contributed by atoms with van der Waals surface area (Å²) < 4.78 is 0. The number of aromatic amines is 1. The molecule has 2 rings (SSSR count). The summed E-state index contributed by atoms with van der Waals surface area (Å²) in [6.07, 6.45) is 1.40. The van der Waals surface area contributed by atoms with Crippen LogP contribution in [0.5, 0.6) is 0 Å². The number of carbonyl (C=O) groups is 2. The summed E-state index contributed by atoms with van der Waals surface area (Å²) in [5.74, 6) is -0.279. The number of rotatable bonds is 2. The molecule has 8 heteroatoms. The van der Waals surface area contributed by atoms with E-state index < -0.39 is 6.04 Å². The Morgan fingerprint density at radius 2 is 2.50 bits per heavy atom. The van der Waals surface area contributed by atoms with Gasteiger partial charge in [-0.3, -0.25) is 20.3 Å². The fourth-order valence-corrected chi connectivity index (χ4v) is 1.08. The van der Waals surface area contributed by atoms with Crippen LogP contribution in [0.2, 0.25) is 0 Å². The van der Waals surface area contributed by atoms with E-state index in [0.717, 1.165) is 0 Å². The molecular weight excluding hydrogens is 188 g/mol. The number of nitrogens with one attached hydrogen (secondary N) is 4. The van der Waals surface area contributed by atoms with Crippen LogP contribution in [0.1, 0.15) is 6.42 Å². The third-order valence-electron chi connectivity index (χ3n) is 1.75. The van der Waals surface area contributed by atoms with Gasteiger partial charge in [0.05, 0.1) is 6.42 Å². The van der Waals surface area contributed by atoms with Crippen LogP contribution < -0.4 is 16.2 Å². The number of hydrogen-bond donors (Lipinski definition) is 4. The predicted molar refractivity (Wildman–Crippen MR) is 44.7 cm³/mol. The lowest BCUT2D eigenvalue weighted by atomic mass is 10.2. The molecule has 1 aliphatic rings. The van der Waals surface area contributed by atoms with E-state index in [0.29, 0.717) is 0 Å². The quantitative estimate of drug-likeness (QED) is 0.443. The molecular formula is C6H8N6O2. The van der Waals surface area contributed by atoms with Crippen molar-refractivity contribution in [2.75, 3.05) is 5.32 Å². The van der Waals surface area contributed by atoms with E-state index in [1.807, 2.05) is 0 Å². The zero-order chi connectivity index (χ0) is 9.97. The van der Waals surface area contributed by atoms with E-state index in [9.17, 15) is 9.59 Å². The van der Waals surface area contributed by atoms with Gasteiger partial charge in [0.15, 0.2) is 0 Å². The Morgan fingerprint density at radius 1 is 1.64 bits per heavy atom. The van der Waals surface area contributed by atoms with Crippen LogP contribution in [0.3, 0.4) is 0 Å². The smallest absolute Gasteiger partial charge is 0.246 e. The summed E-state index contributed by atoms with van der Waals surface area (Å²) in [5.41, 5.74) is 4.88. The van der Waals surface area contributed by atoms with Crippen LogP contribution in [0.25, 0.3) is 0 Å². The first-order valence-electron chi connectivity index (χ1n) is 3.96. The Labute approximate surface area is 78.4 Å². The van der Waals surface area contributed by atoms with Gasteiger partial charge in [0.25, 0.3) is 0 Å². The highest BCUT2D eigenvalue weighted by Gasteiger charge is 2.27. The van der Waals surface area contributed by atoms with Crippen molar-refractivity contribution in [3.8, 4) is 0 Å². The summed E-state index contributed by atoms with van der Waals surface area (Å²) in [7, 11) is 0. The normalized spacial score (nSPS) is 20.6. The summed E-state index contributed by atoms with van der Waals surface area (Å²) in [6, 6.07) is -0.562. The molecule has 0 bridgehead atoms. The van der Waals surface area contributed by atoms with Crippen molar-refractivity contribution in [1.82, 2.24) is 26.0 Å². The van der Waals surface area contributed by atoms with Gasteiger partial charge < -0.3 is 0 Å². The van der Waals surface area contributed by atoms with Crippen molar-refractivity contribution < 1.29 is 9.59 Å². The molecule has 14 heavy (non-hydrogen) atoms. The highest BCUT2D eigenvalue weighted by molar-refractivity contribution is 5.97. The molecule has 1 aromatic heterocycles. The van der Waals surface area contributed by atoms with E-state index in [1.54, 1.807) is 0 Å². The van der Waals surface area contributed by atoms with Crippen LogP contribution in [0.15, 0.2) is 6.33 Å². The summed E-state index contributed by atoms with van der Waals surface area (Å²) >= 11 is 0. The molecule has 2 amide bonds. The van der Waals surface area contributed by atoms with Crippen molar-refractivity contribution in [2.45, 2.75) is 12.5 Å². The van der Waals surface area contributed by atoms with Gasteiger partial charge in [-0.05, 0) is 0 Å². The summed E-state index contributed by atoms with van der Waals surface area (Å²) in [5, 5.41) is 8.50. The fraction of sp³-hybridized carbons (Fsp3) is 0.333. The third kappa shape index (κ3) is 1.69. The Balaban J connectivity index is 1.93. The largest absolute Gasteiger partial charge is 0.293 e. The highest BCUT2D eigenvalue weighted by atomic mass is 16.2. The molecule has 0 aromatic carbocycles. The number of hydrazine groups is 1. The molecule has 2 heterocycles. The van der Waals surface area contributed by atoms with E-state index in [2.05, 4.69) is 31.3 Å². The lowest BCUT2D eigenvalue weighted by molar-refractivity contribution is -0.121. The molecule has 0 spiro atoms. The third-order valence-corrected chi connectivity index (χ3v) is 1.75. The van der Waals surface area contributed by atoms with Crippen molar-refractivity contribution in [3.05, 3.63) is 6.33 Å². The minimum atomic E-state index is -0.562. The van der Waals surface area contributed by atoms with Gasteiger partial charge >= 0.3 is 0 Å². The first-order chi connectivity index (χ1) is 6.75. The van der Waals surface area contributed by atoms with Gasteiger partial charge in [-0.25, -0.2) is 10.5 Å². The number of aromatic nitrogens is 3. The number of hydrogen-bond acceptors (Lipinski definition) is 5. The Bertz CT molecular complexity index is 347. The van der Waals surface area contributed by atoms with Gasteiger partial charge in [-0.1, -0.05) is 0 Å². The highest BCUT2D eigenvalue weighted by Crippen LogP contribution is 2.01. The molecule has 0 radical (unpaired) electrons. The topological polar surface area (TPSA) is 112 Å². The molecule has 1 fully saturated rings. The van der Waals surface area contributed by atoms with Gasteiger partial charge in [-0.15, -0.1) is 0 Å². The van der Waals surface area contributed by atoms with Crippen LogP contribution >= 0.6 is 0 Å². The maximum Gasteiger partial charge on any atom is 0.246 e. The second-order valence-electron chi connectivity index (χ2n) is 2.77. The van der Waals surface area contributed by atoms with Crippen molar-refractivity contribution >= 4 is 17.8 Å². The Hall–Kier alpha value is -1.96. The average Bonchev–Trinajstić information content (AvgIpc) is 2.75. The molecule has 1 unspecified atom stereocenters. The Kier molecular flexibility index (Phi) is 2.11. The minimum Gasteiger partial charge on any atom is -0.293 e. The lowest BCUT2D eigenvalue weighted by Crippen LogP contribution is -2.39. The molecule has 1 saturated heterocycles. The fourth-order valence-electron chi connectivity index (χ4n) is 1.08. The number of amides is 2. The van der Waals surface area contributed by atoms with Gasteiger partial charge in [0, 0.05) is 0 Å². The molecule has 1 atom stereocenters. The predicted octanol–water partition coefficient (Wildman–Crippen LogP) is -1.86. The second kappa shape index (κ2) is 3.42. The average molecular weight is 196 g/mol. The first kappa shape index (κ1) is 8.63. The molecule has 8 nitrogen and oxygen atoms in total. The summed E-state index contributed by atoms with van der Waals surface area (Å²) in [6.45, 7) is 0. The van der Waals surface area contributed by atoms with E-state index >= 15 is 0 Å². The summed E-state index contributed by atoms with van der Waals surface area (Å²) in [4.78, 5) is 25.9. The molecule has 0 saturated carbocycles. The zero-order valence-corrected chi connectivity index (χ0v) is 7.07. The molecule has 74 valence electrons. The van der Waals surface area contributed by atoms with Crippen LogP contribution in [-0.2, 0) is 9.59 Å². The maximum absolute atomic E-state index is 11.4. The first-order valence-corrected chi connectivity index (χ1v) is 3.96. The minimum absolute atomic E-state index is 0.125. The van der Waals surface area contributed by atoms with Crippen LogP contribution in [0, 0.1) is 0 Å². The second-order valence-corrected chi connectivity index (χ2v) is 2.77. The van der Waals surface area contributed by atoms with Crippen molar-refractivity contribution in [1.29, 1.82) is 0 Å². The Morgan fingerprint density at radius 3 is 3.07 bits per heavy atom. The van der Waals surface area contributed by atoms with Gasteiger partial charge in [0.2, 0.25) is 17.8 Å². The standard InChI is InChI=1S/C6H8N6O2/c13-4-1-3(10-11-4)5(14)9-6-7-2-8-12-6/h2-3,10H,1H2,(H,11,13)(H2,7,8,9,12,14). The van der Waals surface area contributed by atoms with E-state index in [1.165, 1.54) is 6.33 Å². The van der Waals surface area contributed by atoms with Gasteiger partial charge in [-0.2, -0.15) is 10.1 Å². The molecule has 4 N–H and O–H groups in total. The lowest BCUT2D eigenvalue weighted by Gasteiger charge is -2.06. The number of carbonyl (C=O) groups excluding carboxylic acids is 2. The number of H-pyrrole nitrogens is 1. The molecule has 0 aliphatic carbocycles. The van der Waals surface area contributed by atoms with Gasteiger partial charge in [0.1, 0.15) is 12.4 Å². The zero-order valence-electron chi connectivity index (χ0n) is 7.07. The van der Waals surface area contributed by atoms with Crippen molar-refractivity contribution in [2.24, 2.45) is 0 Å². The monoisotopic (exact) mass is 196 g/mol. The SMILES string of the molecule is O=C1CC(C(=O)Nc2ncn[nH]2)NN1. The van der Waals surface area contributed by atoms with E-state index in [4.69, 9.17) is 0 Å². The van der Waals surface area contributed by atoms with Crippen molar-refractivity contribution in [3.63, 3.8) is 0 Å².